The molecule has 1 amide bonds. The van der Waals surface area contributed by atoms with E-state index in [1.807, 2.05) is 0 Å². The van der Waals surface area contributed by atoms with Crippen molar-refractivity contribution in [3.63, 3.8) is 0 Å². The Hall–Kier alpha value is -2.76. The molecule has 0 aliphatic heterocycles. The summed E-state index contributed by atoms with van der Waals surface area (Å²) in [7, 11) is 1.44. The number of hydrogen-bond donors (Lipinski definition) is 1. The van der Waals surface area contributed by atoms with Gasteiger partial charge in [0.2, 0.25) is 0 Å². The molecule has 0 fully saturated rings. The van der Waals surface area contributed by atoms with Gasteiger partial charge in [0.1, 0.15) is 5.75 Å². The summed E-state index contributed by atoms with van der Waals surface area (Å²) in [5.41, 5.74) is 2.46. The topological polar surface area (TPSA) is 50.7 Å². The predicted octanol–water partition coefficient (Wildman–Crippen LogP) is 2.74. The molecule has 4 nitrogen and oxygen atoms in total. The highest BCUT2D eigenvalue weighted by Crippen LogP contribution is 2.16. The van der Waals surface area contributed by atoms with Crippen LogP contribution in [0.2, 0.25) is 0 Å². The number of nitrogens with zero attached hydrogens (tertiary/aromatic N) is 1. The van der Waals surface area contributed by atoms with E-state index < -0.39 is 17.5 Å². The van der Waals surface area contributed by atoms with Gasteiger partial charge < -0.3 is 4.74 Å². The summed E-state index contributed by atoms with van der Waals surface area (Å²) in [5.74, 6) is -2.12. The second kappa shape index (κ2) is 6.60. The molecule has 0 atom stereocenters. The lowest BCUT2D eigenvalue weighted by molar-refractivity contribution is 0.0952. The number of methoxy groups -OCH3 is 1. The van der Waals surface area contributed by atoms with Gasteiger partial charge in [-0.25, -0.2) is 14.2 Å². The zero-order valence-electron chi connectivity index (χ0n) is 11.1. The monoisotopic (exact) mass is 290 g/mol. The third-order valence-electron chi connectivity index (χ3n) is 2.70. The molecular formula is C15H12F2N2O2. The fourth-order valence-corrected chi connectivity index (χ4v) is 1.67. The number of carbonyl (C=O) groups excluding carboxylic acids is 1. The fraction of sp³-hybridized carbons (Fsp3) is 0.0667. The van der Waals surface area contributed by atoms with Crippen molar-refractivity contribution in [3.05, 3.63) is 65.2 Å². The van der Waals surface area contributed by atoms with Crippen LogP contribution in [-0.4, -0.2) is 19.2 Å². The first-order valence-electron chi connectivity index (χ1n) is 6.04. The van der Waals surface area contributed by atoms with E-state index in [1.165, 1.54) is 19.2 Å². The minimum atomic E-state index is -1.02. The lowest BCUT2D eigenvalue weighted by Crippen LogP contribution is -2.18. The normalized spacial score (nSPS) is 10.6. The molecule has 21 heavy (non-hydrogen) atoms. The minimum absolute atomic E-state index is 0.0599. The van der Waals surface area contributed by atoms with Crippen LogP contribution in [0, 0.1) is 11.6 Å². The molecule has 0 radical (unpaired) electrons. The van der Waals surface area contributed by atoms with E-state index >= 15 is 0 Å². The lowest BCUT2D eigenvalue weighted by Gasteiger charge is -2.06. The number of para-hydroxylation sites is 1. The Morgan fingerprint density at radius 1 is 1.19 bits per heavy atom. The molecule has 0 saturated heterocycles. The van der Waals surface area contributed by atoms with Crippen LogP contribution in [0.4, 0.5) is 8.78 Å². The zero-order chi connectivity index (χ0) is 15.2. The van der Waals surface area contributed by atoms with Crippen molar-refractivity contribution in [1.29, 1.82) is 0 Å². The number of nitrogens with one attached hydrogen (secondary N) is 1. The van der Waals surface area contributed by atoms with Gasteiger partial charge >= 0.3 is 0 Å². The third-order valence-corrected chi connectivity index (χ3v) is 2.70. The van der Waals surface area contributed by atoms with Crippen LogP contribution < -0.4 is 10.2 Å². The Labute approximate surface area is 120 Å². The van der Waals surface area contributed by atoms with Crippen molar-refractivity contribution < 1.29 is 18.3 Å². The summed E-state index contributed by atoms with van der Waals surface area (Å²) in [5, 5.41) is 3.61. The number of hydrazone groups is 1. The Bertz CT molecular complexity index is 687. The molecule has 0 unspecified atom stereocenters. The van der Waals surface area contributed by atoms with Crippen LogP contribution >= 0.6 is 0 Å². The van der Waals surface area contributed by atoms with Gasteiger partial charge in [-0.1, -0.05) is 24.3 Å². The van der Waals surface area contributed by atoms with Gasteiger partial charge in [0, 0.05) is 5.56 Å². The average Bonchev–Trinajstić information content (AvgIpc) is 2.51. The molecule has 108 valence electrons. The number of ether oxygens (including phenoxy) is 1. The smallest absolute Gasteiger partial charge is 0.275 e. The van der Waals surface area contributed by atoms with Gasteiger partial charge in [0.15, 0.2) is 11.6 Å². The van der Waals surface area contributed by atoms with Crippen LogP contribution in [0.3, 0.4) is 0 Å². The van der Waals surface area contributed by atoms with Crippen molar-refractivity contribution in [2.75, 3.05) is 7.11 Å². The van der Waals surface area contributed by atoms with E-state index in [9.17, 15) is 13.6 Å². The molecule has 2 aromatic carbocycles. The molecule has 0 aliphatic rings. The number of rotatable bonds is 4. The Morgan fingerprint density at radius 3 is 2.71 bits per heavy atom. The van der Waals surface area contributed by atoms with Gasteiger partial charge in [-0.2, -0.15) is 5.10 Å². The lowest BCUT2D eigenvalue weighted by atomic mass is 10.2. The van der Waals surface area contributed by atoms with Gasteiger partial charge in [0.05, 0.1) is 18.9 Å². The van der Waals surface area contributed by atoms with Crippen molar-refractivity contribution in [2.45, 2.75) is 0 Å². The minimum Gasteiger partial charge on any atom is -0.496 e. The molecule has 0 bridgehead atoms. The zero-order valence-corrected chi connectivity index (χ0v) is 11.1. The maximum Gasteiger partial charge on any atom is 0.275 e. The van der Waals surface area contributed by atoms with E-state index in [-0.39, 0.29) is 11.1 Å². The Balaban J connectivity index is 2.10. The van der Waals surface area contributed by atoms with E-state index in [0.29, 0.717) is 5.75 Å². The van der Waals surface area contributed by atoms with Gasteiger partial charge in [-0.15, -0.1) is 0 Å². The highest BCUT2D eigenvalue weighted by Gasteiger charge is 2.10. The van der Waals surface area contributed by atoms with Crippen LogP contribution in [0.25, 0.3) is 0 Å². The van der Waals surface area contributed by atoms with E-state index in [0.717, 1.165) is 12.3 Å². The molecule has 0 spiro atoms. The van der Waals surface area contributed by atoms with Gasteiger partial charge in [-0.3, -0.25) is 4.79 Å². The summed E-state index contributed by atoms with van der Waals surface area (Å²) in [6.07, 6.45) is 1.03. The van der Waals surface area contributed by atoms with Crippen LogP contribution in [0.1, 0.15) is 15.9 Å². The molecule has 1 N–H and O–H groups in total. The molecular weight excluding hydrogens is 278 g/mol. The summed E-state index contributed by atoms with van der Waals surface area (Å²) < 4.78 is 31.4. The maximum atomic E-state index is 13.4. The van der Waals surface area contributed by atoms with Crippen molar-refractivity contribution in [1.82, 2.24) is 5.43 Å². The van der Waals surface area contributed by atoms with Gasteiger partial charge in [-0.05, 0) is 18.2 Å². The SMILES string of the molecule is COc1ccccc1C(=O)N/N=C/c1cccc(F)c1F. The van der Waals surface area contributed by atoms with Crippen molar-refractivity contribution in [3.8, 4) is 5.75 Å². The quantitative estimate of drug-likeness (QED) is 0.695. The van der Waals surface area contributed by atoms with E-state index in [4.69, 9.17) is 4.74 Å². The van der Waals surface area contributed by atoms with E-state index in [1.54, 1.807) is 24.3 Å². The van der Waals surface area contributed by atoms with Crippen LogP contribution in [0.15, 0.2) is 47.6 Å². The molecule has 0 aliphatic carbocycles. The van der Waals surface area contributed by atoms with Crippen molar-refractivity contribution in [2.24, 2.45) is 5.10 Å². The summed E-state index contributed by atoms with van der Waals surface area (Å²) >= 11 is 0. The first-order chi connectivity index (χ1) is 10.1. The number of benzene rings is 2. The highest BCUT2D eigenvalue weighted by molar-refractivity contribution is 5.97. The third kappa shape index (κ3) is 3.42. The molecule has 2 rings (SSSR count). The van der Waals surface area contributed by atoms with Crippen LogP contribution in [0.5, 0.6) is 5.75 Å². The molecule has 2 aromatic rings. The van der Waals surface area contributed by atoms with E-state index in [2.05, 4.69) is 10.5 Å². The first kappa shape index (κ1) is 14.6. The Morgan fingerprint density at radius 2 is 1.95 bits per heavy atom. The molecule has 0 saturated carbocycles. The first-order valence-corrected chi connectivity index (χ1v) is 6.04. The largest absolute Gasteiger partial charge is 0.496 e. The number of amides is 1. The van der Waals surface area contributed by atoms with Gasteiger partial charge in [0.25, 0.3) is 5.91 Å². The molecule has 0 heterocycles. The summed E-state index contributed by atoms with van der Waals surface area (Å²) in [6.45, 7) is 0. The second-order valence-electron chi connectivity index (χ2n) is 4.04. The fourth-order valence-electron chi connectivity index (χ4n) is 1.67. The number of carbonyl (C=O) groups is 1. The second-order valence-corrected chi connectivity index (χ2v) is 4.04. The van der Waals surface area contributed by atoms with Crippen LogP contribution in [-0.2, 0) is 0 Å². The predicted molar refractivity (Wildman–Crippen MR) is 74.4 cm³/mol. The molecule has 0 aromatic heterocycles. The number of halogens is 2. The Kier molecular flexibility index (Phi) is 4.61. The summed E-state index contributed by atoms with van der Waals surface area (Å²) in [4.78, 5) is 11.9. The summed E-state index contributed by atoms with van der Waals surface area (Å²) in [6, 6.07) is 10.3. The van der Waals surface area contributed by atoms with Crippen molar-refractivity contribution >= 4 is 12.1 Å². The standard InChI is InChI=1S/C15H12F2N2O2/c1-21-13-8-3-2-6-11(13)15(20)19-18-9-10-5-4-7-12(16)14(10)17/h2-9H,1H3,(H,19,20)/b18-9+. The molecule has 6 heteroatoms. The highest BCUT2D eigenvalue weighted by atomic mass is 19.2. The number of hydrogen-bond acceptors (Lipinski definition) is 3. The average molecular weight is 290 g/mol. The maximum absolute atomic E-state index is 13.4.